The van der Waals surface area contributed by atoms with Crippen molar-refractivity contribution in [2.75, 3.05) is 13.1 Å². The molecule has 1 aliphatic rings. The number of benzene rings is 2. The quantitative estimate of drug-likeness (QED) is 0.808. The van der Waals surface area contributed by atoms with Crippen molar-refractivity contribution >= 4 is 15.9 Å². The van der Waals surface area contributed by atoms with Crippen molar-refractivity contribution in [3.63, 3.8) is 0 Å². The second-order valence-corrected chi connectivity index (χ2v) is 6.01. The summed E-state index contributed by atoms with van der Waals surface area (Å²) >= 11 is 3.48. The highest BCUT2D eigenvalue weighted by molar-refractivity contribution is 9.10. The van der Waals surface area contributed by atoms with Gasteiger partial charge in [-0.2, -0.15) is 0 Å². The van der Waals surface area contributed by atoms with E-state index in [4.69, 9.17) is 4.74 Å². The summed E-state index contributed by atoms with van der Waals surface area (Å²) in [7, 11) is 0. The molecule has 3 rings (SSSR count). The van der Waals surface area contributed by atoms with Gasteiger partial charge in [-0.3, -0.25) is 4.90 Å². The van der Waals surface area contributed by atoms with Crippen LogP contribution in [0.5, 0.6) is 5.75 Å². The van der Waals surface area contributed by atoms with Crippen molar-refractivity contribution in [2.45, 2.75) is 19.6 Å². The average Bonchev–Trinajstić information content (AvgIpc) is 2.67. The summed E-state index contributed by atoms with van der Waals surface area (Å²) < 4.78 is 7.36. The molecule has 1 aliphatic heterocycles. The SMILES string of the molecule is CCN1Cc2ccccc2OC(c2ccc(Br)cc2)C1. The maximum Gasteiger partial charge on any atom is 0.136 e. The van der Waals surface area contributed by atoms with Crippen LogP contribution in [0.3, 0.4) is 0 Å². The number of para-hydroxylation sites is 1. The zero-order valence-corrected chi connectivity index (χ0v) is 13.1. The molecule has 2 aromatic carbocycles. The van der Waals surface area contributed by atoms with Crippen molar-refractivity contribution in [1.82, 2.24) is 4.90 Å². The van der Waals surface area contributed by atoms with Crippen LogP contribution in [0.15, 0.2) is 53.0 Å². The minimum atomic E-state index is 0.0895. The molecule has 2 nitrogen and oxygen atoms in total. The molecule has 0 radical (unpaired) electrons. The van der Waals surface area contributed by atoms with Crippen LogP contribution in [0.4, 0.5) is 0 Å². The molecule has 0 amide bonds. The van der Waals surface area contributed by atoms with Crippen LogP contribution >= 0.6 is 15.9 Å². The Hall–Kier alpha value is -1.32. The van der Waals surface area contributed by atoms with Gasteiger partial charge in [0.2, 0.25) is 0 Å². The van der Waals surface area contributed by atoms with Crippen LogP contribution in [0.1, 0.15) is 24.2 Å². The van der Waals surface area contributed by atoms with Gasteiger partial charge in [-0.15, -0.1) is 0 Å². The lowest BCUT2D eigenvalue weighted by Crippen LogP contribution is -2.27. The molecule has 1 unspecified atom stereocenters. The summed E-state index contributed by atoms with van der Waals surface area (Å²) in [5.41, 5.74) is 2.50. The standard InChI is InChI=1S/C17H18BrNO/c1-2-19-11-14-5-3-4-6-16(14)20-17(12-19)13-7-9-15(18)10-8-13/h3-10,17H,2,11-12H2,1H3. The number of halogens is 1. The second-order valence-electron chi connectivity index (χ2n) is 5.09. The van der Waals surface area contributed by atoms with Gasteiger partial charge in [0.15, 0.2) is 0 Å². The average molecular weight is 332 g/mol. The lowest BCUT2D eigenvalue weighted by Gasteiger charge is -2.22. The van der Waals surface area contributed by atoms with Gasteiger partial charge in [0.25, 0.3) is 0 Å². The van der Waals surface area contributed by atoms with Crippen LogP contribution < -0.4 is 4.74 Å². The van der Waals surface area contributed by atoms with Gasteiger partial charge in [0, 0.05) is 23.1 Å². The Bertz CT molecular complexity index is 582. The molecule has 1 atom stereocenters. The smallest absolute Gasteiger partial charge is 0.136 e. The molecule has 0 saturated heterocycles. The number of hydrogen-bond donors (Lipinski definition) is 0. The molecule has 0 spiro atoms. The Kier molecular flexibility index (Phi) is 4.08. The third-order valence-corrected chi connectivity index (χ3v) is 4.28. The van der Waals surface area contributed by atoms with E-state index in [1.54, 1.807) is 0 Å². The van der Waals surface area contributed by atoms with E-state index in [2.05, 4.69) is 70.2 Å². The third kappa shape index (κ3) is 2.89. The zero-order valence-electron chi connectivity index (χ0n) is 11.6. The number of hydrogen-bond acceptors (Lipinski definition) is 2. The predicted molar refractivity (Wildman–Crippen MR) is 84.9 cm³/mol. The van der Waals surface area contributed by atoms with Gasteiger partial charge >= 0.3 is 0 Å². The van der Waals surface area contributed by atoms with Crippen LogP contribution in [0.2, 0.25) is 0 Å². The van der Waals surface area contributed by atoms with E-state index in [0.29, 0.717) is 0 Å². The first kappa shape index (κ1) is 13.7. The van der Waals surface area contributed by atoms with Gasteiger partial charge < -0.3 is 4.74 Å². The maximum atomic E-state index is 6.26. The second kappa shape index (κ2) is 5.98. The lowest BCUT2D eigenvalue weighted by molar-refractivity contribution is 0.152. The molecule has 0 bridgehead atoms. The van der Waals surface area contributed by atoms with E-state index >= 15 is 0 Å². The van der Waals surface area contributed by atoms with Crippen molar-refractivity contribution in [2.24, 2.45) is 0 Å². The minimum Gasteiger partial charge on any atom is -0.484 e. The van der Waals surface area contributed by atoms with Crippen molar-refractivity contribution < 1.29 is 4.74 Å². The first-order valence-electron chi connectivity index (χ1n) is 6.98. The molecule has 0 aliphatic carbocycles. The number of fused-ring (bicyclic) bond motifs is 1. The third-order valence-electron chi connectivity index (χ3n) is 3.75. The zero-order chi connectivity index (χ0) is 13.9. The molecule has 20 heavy (non-hydrogen) atoms. The highest BCUT2D eigenvalue weighted by Crippen LogP contribution is 2.31. The summed E-state index contributed by atoms with van der Waals surface area (Å²) in [5.74, 6) is 1.01. The monoisotopic (exact) mass is 331 g/mol. The van der Waals surface area contributed by atoms with Gasteiger partial charge in [0.05, 0.1) is 0 Å². The number of ether oxygens (including phenoxy) is 1. The Morgan fingerprint density at radius 1 is 1.15 bits per heavy atom. The molecule has 104 valence electrons. The van der Waals surface area contributed by atoms with Gasteiger partial charge in [-0.25, -0.2) is 0 Å². The number of rotatable bonds is 2. The first-order valence-corrected chi connectivity index (χ1v) is 7.78. The molecule has 0 aromatic heterocycles. The van der Waals surface area contributed by atoms with Crippen LogP contribution in [0.25, 0.3) is 0 Å². The normalized spacial score (nSPS) is 19.0. The molecular weight excluding hydrogens is 314 g/mol. The van der Waals surface area contributed by atoms with Crippen molar-refractivity contribution in [1.29, 1.82) is 0 Å². The number of likely N-dealkylation sites (N-methyl/N-ethyl adjacent to an activating group) is 1. The molecule has 0 saturated carbocycles. The summed E-state index contributed by atoms with van der Waals surface area (Å²) in [6.45, 7) is 5.11. The molecule has 3 heteroatoms. The summed E-state index contributed by atoms with van der Waals surface area (Å²) in [6.07, 6.45) is 0.0895. The topological polar surface area (TPSA) is 12.5 Å². The van der Waals surface area contributed by atoms with Gasteiger partial charge in [0.1, 0.15) is 11.9 Å². The first-order chi connectivity index (χ1) is 9.76. The number of nitrogens with zero attached hydrogens (tertiary/aromatic N) is 1. The van der Waals surface area contributed by atoms with E-state index in [1.807, 2.05) is 6.07 Å². The van der Waals surface area contributed by atoms with E-state index < -0.39 is 0 Å². The largest absolute Gasteiger partial charge is 0.484 e. The van der Waals surface area contributed by atoms with E-state index in [0.717, 1.165) is 29.9 Å². The Morgan fingerprint density at radius 2 is 1.90 bits per heavy atom. The molecule has 0 N–H and O–H groups in total. The van der Waals surface area contributed by atoms with Crippen molar-refractivity contribution in [3.8, 4) is 5.75 Å². The maximum absolute atomic E-state index is 6.26. The van der Waals surface area contributed by atoms with Crippen molar-refractivity contribution in [3.05, 3.63) is 64.1 Å². The summed E-state index contributed by atoms with van der Waals surface area (Å²) in [4.78, 5) is 2.43. The van der Waals surface area contributed by atoms with Crippen LogP contribution in [0, 0.1) is 0 Å². The minimum absolute atomic E-state index is 0.0895. The fourth-order valence-corrected chi connectivity index (χ4v) is 2.84. The Morgan fingerprint density at radius 3 is 2.65 bits per heavy atom. The molecule has 1 heterocycles. The van der Waals surface area contributed by atoms with Gasteiger partial charge in [-0.1, -0.05) is 53.2 Å². The Labute approximate surface area is 128 Å². The van der Waals surface area contributed by atoms with Crippen LogP contribution in [-0.2, 0) is 6.54 Å². The highest BCUT2D eigenvalue weighted by Gasteiger charge is 2.23. The summed E-state index contributed by atoms with van der Waals surface area (Å²) in [6, 6.07) is 16.8. The fourth-order valence-electron chi connectivity index (χ4n) is 2.57. The fraction of sp³-hybridized carbons (Fsp3) is 0.294. The van der Waals surface area contributed by atoms with E-state index in [1.165, 1.54) is 11.1 Å². The summed E-state index contributed by atoms with van der Waals surface area (Å²) in [5, 5.41) is 0. The van der Waals surface area contributed by atoms with E-state index in [9.17, 15) is 0 Å². The van der Waals surface area contributed by atoms with Crippen LogP contribution in [-0.4, -0.2) is 18.0 Å². The van der Waals surface area contributed by atoms with E-state index in [-0.39, 0.29) is 6.10 Å². The Balaban J connectivity index is 1.93. The molecule has 2 aromatic rings. The van der Waals surface area contributed by atoms with Gasteiger partial charge in [-0.05, 0) is 30.3 Å². The predicted octanol–water partition coefficient (Wildman–Crippen LogP) is 4.40. The lowest BCUT2D eigenvalue weighted by atomic mass is 10.1. The highest BCUT2D eigenvalue weighted by atomic mass is 79.9. The molecular formula is C17H18BrNO. The molecule has 0 fully saturated rings.